The maximum atomic E-state index is 12.6. The van der Waals surface area contributed by atoms with Crippen LogP contribution in [0.5, 0.6) is 0 Å². The van der Waals surface area contributed by atoms with Crippen molar-refractivity contribution in [3.63, 3.8) is 0 Å². The fourth-order valence-corrected chi connectivity index (χ4v) is 3.34. The molecule has 0 N–H and O–H groups in total. The normalized spacial score (nSPS) is 20.6. The number of hydrogen-bond acceptors (Lipinski definition) is 0. The van der Waals surface area contributed by atoms with Gasteiger partial charge in [-0.2, -0.15) is 13.2 Å². The van der Waals surface area contributed by atoms with Crippen LogP contribution in [0.4, 0.5) is 13.2 Å². The summed E-state index contributed by atoms with van der Waals surface area (Å²) in [7, 11) is 0. The van der Waals surface area contributed by atoms with Crippen molar-refractivity contribution >= 4 is 0 Å². The van der Waals surface area contributed by atoms with Gasteiger partial charge in [0, 0.05) is 11.5 Å². The SMILES string of the molecule is Cc1ccc(C2CCC(C#Cc3ccc(C(F)(F)F)cc3)CC2)cc1. The molecule has 3 rings (SSSR count). The summed E-state index contributed by atoms with van der Waals surface area (Å²) in [6.45, 7) is 2.09. The molecular weight excluding hydrogens is 321 g/mol. The Morgan fingerprint density at radius 1 is 0.840 bits per heavy atom. The summed E-state index contributed by atoms with van der Waals surface area (Å²) >= 11 is 0. The number of benzene rings is 2. The lowest BCUT2D eigenvalue weighted by atomic mass is 9.79. The molecule has 0 nitrogen and oxygen atoms in total. The van der Waals surface area contributed by atoms with Crippen LogP contribution in [0, 0.1) is 24.7 Å². The van der Waals surface area contributed by atoms with Crippen molar-refractivity contribution in [3.8, 4) is 11.8 Å². The van der Waals surface area contributed by atoms with Crippen molar-refractivity contribution in [3.05, 3.63) is 70.8 Å². The van der Waals surface area contributed by atoms with E-state index in [4.69, 9.17) is 0 Å². The predicted octanol–water partition coefficient (Wildman–Crippen LogP) is 6.34. The van der Waals surface area contributed by atoms with E-state index in [9.17, 15) is 13.2 Å². The Kier molecular flexibility index (Phi) is 5.18. The molecule has 25 heavy (non-hydrogen) atoms. The van der Waals surface area contributed by atoms with Crippen molar-refractivity contribution in [2.24, 2.45) is 5.92 Å². The smallest absolute Gasteiger partial charge is 0.166 e. The van der Waals surface area contributed by atoms with Crippen molar-refractivity contribution in [2.45, 2.75) is 44.7 Å². The summed E-state index contributed by atoms with van der Waals surface area (Å²) in [5, 5.41) is 0. The van der Waals surface area contributed by atoms with Gasteiger partial charge in [0.15, 0.2) is 0 Å². The molecule has 1 aliphatic carbocycles. The van der Waals surface area contributed by atoms with Crippen molar-refractivity contribution in [1.29, 1.82) is 0 Å². The van der Waals surface area contributed by atoms with E-state index in [0.717, 1.165) is 37.8 Å². The van der Waals surface area contributed by atoms with Crippen LogP contribution >= 0.6 is 0 Å². The van der Waals surface area contributed by atoms with Gasteiger partial charge in [0.1, 0.15) is 0 Å². The van der Waals surface area contributed by atoms with Gasteiger partial charge in [0.25, 0.3) is 0 Å². The van der Waals surface area contributed by atoms with Gasteiger partial charge < -0.3 is 0 Å². The molecule has 0 bridgehead atoms. The number of hydrogen-bond donors (Lipinski definition) is 0. The van der Waals surface area contributed by atoms with E-state index in [1.807, 2.05) is 0 Å². The summed E-state index contributed by atoms with van der Waals surface area (Å²) in [5.74, 6) is 7.22. The van der Waals surface area contributed by atoms with Gasteiger partial charge in [-0.25, -0.2) is 0 Å². The van der Waals surface area contributed by atoms with Crippen LogP contribution < -0.4 is 0 Å². The third-order valence-electron chi connectivity index (χ3n) is 4.91. The zero-order valence-corrected chi connectivity index (χ0v) is 14.2. The Bertz CT molecular complexity index is 750. The number of halogens is 3. The van der Waals surface area contributed by atoms with Crippen LogP contribution in [0.15, 0.2) is 48.5 Å². The fourth-order valence-electron chi connectivity index (χ4n) is 3.34. The average Bonchev–Trinajstić information content (AvgIpc) is 2.61. The maximum Gasteiger partial charge on any atom is 0.416 e. The summed E-state index contributed by atoms with van der Waals surface area (Å²) in [5.41, 5.74) is 2.70. The highest BCUT2D eigenvalue weighted by atomic mass is 19.4. The zero-order valence-electron chi connectivity index (χ0n) is 14.2. The fraction of sp³-hybridized carbons (Fsp3) is 0.364. The highest BCUT2D eigenvalue weighted by Gasteiger charge is 2.29. The highest BCUT2D eigenvalue weighted by Crippen LogP contribution is 2.35. The van der Waals surface area contributed by atoms with Gasteiger partial charge in [0.05, 0.1) is 5.56 Å². The molecule has 0 unspecified atom stereocenters. The lowest BCUT2D eigenvalue weighted by molar-refractivity contribution is -0.137. The van der Waals surface area contributed by atoms with E-state index in [0.29, 0.717) is 17.4 Å². The number of aryl methyl sites for hydroxylation is 1. The van der Waals surface area contributed by atoms with E-state index in [1.54, 1.807) is 0 Å². The molecule has 0 atom stereocenters. The predicted molar refractivity (Wildman–Crippen MR) is 94.2 cm³/mol. The molecule has 2 aromatic carbocycles. The first-order valence-corrected chi connectivity index (χ1v) is 8.67. The highest BCUT2D eigenvalue weighted by molar-refractivity contribution is 5.37. The van der Waals surface area contributed by atoms with Gasteiger partial charge in [-0.1, -0.05) is 41.7 Å². The Labute approximate surface area is 147 Å². The maximum absolute atomic E-state index is 12.6. The minimum atomic E-state index is -4.29. The topological polar surface area (TPSA) is 0 Å². The molecule has 0 saturated heterocycles. The molecule has 1 aliphatic rings. The minimum Gasteiger partial charge on any atom is -0.166 e. The van der Waals surface area contributed by atoms with Crippen LogP contribution in [0.2, 0.25) is 0 Å². The number of alkyl halides is 3. The van der Waals surface area contributed by atoms with Crippen LogP contribution in [0.1, 0.15) is 53.9 Å². The van der Waals surface area contributed by atoms with E-state index in [-0.39, 0.29) is 0 Å². The van der Waals surface area contributed by atoms with E-state index < -0.39 is 11.7 Å². The summed E-state index contributed by atoms with van der Waals surface area (Å²) < 4.78 is 37.7. The molecule has 3 heteroatoms. The molecule has 0 aliphatic heterocycles. The molecular formula is C22H21F3. The Morgan fingerprint density at radius 3 is 2.00 bits per heavy atom. The second-order valence-corrected chi connectivity index (χ2v) is 6.80. The molecule has 0 aromatic heterocycles. The van der Waals surface area contributed by atoms with Crippen molar-refractivity contribution in [1.82, 2.24) is 0 Å². The Balaban J connectivity index is 1.57. The molecule has 2 aromatic rings. The van der Waals surface area contributed by atoms with Gasteiger partial charge in [-0.15, -0.1) is 0 Å². The molecule has 0 heterocycles. The molecule has 0 radical (unpaired) electrons. The lowest BCUT2D eigenvalue weighted by Gasteiger charge is -2.26. The van der Waals surface area contributed by atoms with E-state index in [1.165, 1.54) is 23.3 Å². The summed E-state index contributed by atoms with van der Waals surface area (Å²) in [4.78, 5) is 0. The van der Waals surface area contributed by atoms with E-state index >= 15 is 0 Å². The third-order valence-corrected chi connectivity index (χ3v) is 4.91. The second kappa shape index (κ2) is 7.35. The van der Waals surface area contributed by atoms with Gasteiger partial charge in [0.2, 0.25) is 0 Å². The first-order valence-electron chi connectivity index (χ1n) is 8.67. The van der Waals surface area contributed by atoms with Gasteiger partial charge >= 0.3 is 6.18 Å². The lowest BCUT2D eigenvalue weighted by Crippen LogP contribution is -2.12. The summed E-state index contributed by atoms with van der Waals surface area (Å²) in [6.07, 6.45) is 0.0452. The van der Waals surface area contributed by atoms with Crippen LogP contribution in [0.3, 0.4) is 0 Å². The summed E-state index contributed by atoms with van der Waals surface area (Å²) in [6, 6.07) is 13.8. The minimum absolute atomic E-state index is 0.337. The Hall–Kier alpha value is -2.21. The second-order valence-electron chi connectivity index (χ2n) is 6.80. The van der Waals surface area contributed by atoms with Crippen molar-refractivity contribution < 1.29 is 13.2 Å². The van der Waals surface area contributed by atoms with Crippen LogP contribution in [-0.2, 0) is 6.18 Å². The van der Waals surface area contributed by atoms with Crippen LogP contribution in [-0.4, -0.2) is 0 Å². The average molecular weight is 342 g/mol. The Morgan fingerprint density at radius 2 is 1.44 bits per heavy atom. The quantitative estimate of drug-likeness (QED) is 0.531. The molecule has 130 valence electrons. The largest absolute Gasteiger partial charge is 0.416 e. The number of rotatable bonds is 1. The zero-order chi connectivity index (χ0) is 17.9. The van der Waals surface area contributed by atoms with Gasteiger partial charge in [-0.05, 0) is 68.4 Å². The standard InChI is InChI=1S/C22H21F3/c1-16-2-10-19(11-3-16)20-12-6-17(7-13-20)4-5-18-8-14-21(15-9-18)22(23,24)25/h2-3,8-11,14-15,17,20H,6-7,12-13H2,1H3. The monoisotopic (exact) mass is 342 g/mol. The third kappa shape index (κ3) is 4.66. The molecule has 0 spiro atoms. The molecule has 1 fully saturated rings. The first kappa shape index (κ1) is 17.6. The van der Waals surface area contributed by atoms with Crippen LogP contribution in [0.25, 0.3) is 0 Å². The van der Waals surface area contributed by atoms with E-state index in [2.05, 4.69) is 43.0 Å². The first-order chi connectivity index (χ1) is 11.9. The molecule has 1 saturated carbocycles. The molecule has 0 amide bonds. The van der Waals surface area contributed by atoms with Crippen molar-refractivity contribution in [2.75, 3.05) is 0 Å². The van der Waals surface area contributed by atoms with Gasteiger partial charge in [-0.3, -0.25) is 0 Å².